The van der Waals surface area contributed by atoms with Crippen LogP contribution in [0.15, 0.2) is 109 Å². The van der Waals surface area contributed by atoms with E-state index in [-0.39, 0.29) is 52.5 Å². The first kappa shape index (κ1) is 46.4. The third-order valence-corrected chi connectivity index (χ3v) is 12.0. The third kappa shape index (κ3) is 10.3. The summed E-state index contributed by atoms with van der Waals surface area (Å²) in [4.78, 5) is 29.1. The molecule has 0 radical (unpaired) electrons. The minimum Gasteiger partial charge on any atom is -1.00 e. The predicted octanol–water partition coefficient (Wildman–Crippen LogP) is 3.10. The van der Waals surface area contributed by atoms with Gasteiger partial charge >= 0.3 is 11.7 Å². The van der Waals surface area contributed by atoms with E-state index in [9.17, 15) is 19.1 Å². The quantitative estimate of drug-likeness (QED) is 0.0932. The molecule has 4 atom stereocenters. The Morgan fingerprint density at radius 1 is 0.969 bits per heavy atom. The minimum absolute atomic E-state index is 0. The van der Waals surface area contributed by atoms with Crippen LogP contribution in [0.4, 0.5) is 20.2 Å². The van der Waals surface area contributed by atoms with Gasteiger partial charge in [0.05, 0.1) is 42.6 Å². The second-order valence-electron chi connectivity index (χ2n) is 16.2. The number of anilines is 2. The van der Waals surface area contributed by atoms with E-state index in [0.717, 1.165) is 49.2 Å². The first-order chi connectivity index (χ1) is 30.4. The number of aromatic nitrogens is 6. The molecule has 1 N–H and O–H groups in total. The predicted molar refractivity (Wildman–Crippen MR) is 232 cm³/mol. The number of ether oxygens (including phenoxy) is 3. The van der Waals surface area contributed by atoms with Crippen LogP contribution in [-0.2, 0) is 28.2 Å². The average Bonchev–Trinajstić information content (AvgIpc) is 4.00. The van der Waals surface area contributed by atoms with Gasteiger partial charge in [0.1, 0.15) is 41.6 Å². The van der Waals surface area contributed by atoms with Gasteiger partial charge in [0.25, 0.3) is 6.33 Å². The lowest BCUT2D eigenvalue weighted by atomic mass is 9.87. The van der Waals surface area contributed by atoms with Crippen LogP contribution < -0.4 is 46.5 Å². The molecule has 6 aromatic rings. The molecule has 64 heavy (non-hydrogen) atoms. The van der Waals surface area contributed by atoms with E-state index < -0.39 is 29.3 Å². The fourth-order valence-electron chi connectivity index (χ4n) is 8.54. The lowest BCUT2D eigenvalue weighted by molar-refractivity contribution is -0.689. The highest BCUT2D eigenvalue weighted by Crippen LogP contribution is 2.42. The van der Waals surface area contributed by atoms with Crippen molar-refractivity contribution in [2.75, 3.05) is 49.2 Å². The van der Waals surface area contributed by atoms with Crippen LogP contribution in [0.25, 0.3) is 5.69 Å². The molecule has 18 heteroatoms. The highest BCUT2D eigenvalue weighted by molar-refractivity contribution is 6.32. The molecule has 0 spiro atoms. The molecular weight excluding hydrogens is 914 g/mol. The fraction of sp³-hybridized carbons (Fsp3) is 0.370. The highest BCUT2D eigenvalue weighted by atomic mass is 79.9. The molecule has 2 aliphatic rings. The number of rotatable bonds is 15. The van der Waals surface area contributed by atoms with E-state index in [4.69, 9.17) is 25.8 Å². The van der Waals surface area contributed by atoms with Gasteiger partial charge in [-0.05, 0) is 92.1 Å². The molecule has 0 aliphatic carbocycles. The van der Waals surface area contributed by atoms with Crippen LogP contribution in [0.1, 0.15) is 50.8 Å². The Kier molecular flexibility index (Phi) is 14.5. The molecule has 8 rings (SSSR count). The van der Waals surface area contributed by atoms with Crippen molar-refractivity contribution < 1.29 is 54.4 Å². The van der Waals surface area contributed by atoms with Crippen molar-refractivity contribution >= 4 is 28.9 Å². The van der Waals surface area contributed by atoms with E-state index >= 15 is 4.39 Å². The van der Waals surface area contributed by atoms with E-state index in [1.807, 2.05) is 47.9 Å². The third-order valence-electron chi connectivity index (χ3n) is 11.7. The van der Waals surface area contributed by atoms with Crippen molar-refractivity contribution in [2.24, 2.45) is 5.92 Å². The van der Waals surface area contributed by atoms with Gasteiger partial charge in [-0.25, -0.2) is 27.4 Å². The summed E-state index contributed by atoms with van der Waals surface area (Å²) in [7, 11) is 0. The Balaban J connectivity index is 0.00000612. The van der Waals surface area contributed by atoms with Crippen LogP contribution in [-0.4, -0.2) is 80.7 Å². The van der Waals surface area contributed by atoms with Gasteiger partial charge in [-0.1, -0.05) is 30.7 Å². The van der Waals surface area contributed by atoms with Crippen LogP contribution >= 0.6 is 11.6 Å². The zero-order chi connectivity index (χ0) is 44.3. The fourth-order valence-corrected chi connectivity index (χ4v) is 8.79. The van der Waals surface area contributed by atoms with Crippen LogP contribution in [0.3, 0.4) is 0 Å². The number of esters is 1. The number of carbonyl (C=O) groups excluding carboxylic acids is 1. The molecule has 2 saturated heterocycles. The van der Waals surface area contributed by atoms with Crippen molar-refractivity contribution in [3.05, 3.63) is 142 Å². The van der Waals surface area contributed by atoms with Crippen LogP contribution in [0.2, 0.25) is 5.02 Å². The molecule has 2 fully saturated rings. The molecule has 338 valence electrons. The highest BCUT2D eigenvalue weighted by Gasteiger charge is 2.46. The summed E-state index contributed by atoms with van der Waals surface area (Å²) in [5, 5.41) is 19.2. The molecule has 0 bridgehead atoms. The number of halogens is 4. The van der Waals surface area contributed by atoms with Gasteiger partial charge in [0.2, 0.25) is 6.33 Å². The summed E-state index contributed by atoms with van der Waals surface area (Å²) in [5.74, 6) is -0.921. The van der Waals surface area contributed by atoms with Gasteiger partial charge in [-0.15, -0.1) is 4.68 Å². The number of carbonyl (C=O) groups is 1. The van der Waals surface area contributed by atoms with Gasteiger partial charge in [-0.3, -0.25) is 4.79 Å². The van der Waals surface area contributed by atoms with E-state index in [0.29, 0.717) is 49.1 Å². The maximum Gasteiger partial charge on any atom is 0.350 e. The number of benzene rings is 4. The van der Waals surface area contributed by atoms with Crippen molar-refractivity contribution in [1.29, 1.82) is 0 Å². The van der Waals surface area contributed by atoms with Crippen molar-refractivity contribution in [3.8, 4) is 17.2 Å². The normalized spacial score (nSPS) is 18.4. The zero-order valence-electron chi connectivity index (χ0n) is 35.7. The number of nitrogens with zero attached hydrogens (tertiary/aromatic N) is 8. The zero-order valence-corrected chi connectivity index (χ0v) is 38.0. The first-order valence-electron chi connectivity index (χ1n) is 21.0. The van der Waals surface area contributed by atoms with E-state index in [2.05, 4.69) is 32.1 Å². The monoisotopic (exact) mass is 962 g/mol. The van der Waals surface area contributed by atoms with Crippen molar-refractivity contribution in [3.63, 3.8) is 0 Å². The second kappa shape index (κ2) is 20.0. The maximum atomic E-state index is 15.4. The number of aliphatic hydroxyl groups excluding tert-OH is 1. The van der Waals surface area contributed by atoms with Gasteiger partial charge in [-0.2, -0.15) is 5.10 Å². The summed E-state index contributed by atoms with van der Waals surface area (Å²) >= 11 is 6.33. The molecule has 4 aromatic carbocycles. The largest absolute Gasteiger partial charge is 1.00 e. The minimum atomic E-state index is -1.12. The van der Waals surface area contributed by atoms with Crippen LogP contribution in [0.5, 0.6) is 11.5 Å². The first-order valence-corrected chi connectivity index (χ1v) is 21.4. The molecular formula is C46H50BrClF2N8O6. The molecule has 4 heterocycles. The van der Waals surface area contributed by atoms with E-state index in [1.54, 1.807) is 42.5 Å². The lowest BCUT2D eigenvalue weighted by Gasteiger charge is -2.37. The Bertz CT molecular complexity index is 2600. The number of hydrogen-bond donors (Lipinski definition) is 1. The second-order valence-corrected chi connectivity index (χ2v) is 16.6. The van der Waals surface area contributed by atoms with Crippen LogP contribution in [0, 0.1) is 17.6 Å². The van der Waals surface area contributed by atoms with Crippen molar-refractivity contribution in [1.82, 2.24) is 24.1 Å². The topological polar surface area (TPSA) is 133 Å². The SMILES string of the molecule is CC[C@@H]([C@H](C)O)n1ncn(-c2ccc(N3CCN(c4ccc(OC[C@@H]5CO[C@@](Cn6c[n+](Cc7ccc(OC(C)=O)c(Cl)c7)cn6)(c6ccc(F)cc6F)C5)cc4)CC3)cc2)c1=O.[Br-]. The Morgan fingerprint density at radius 2 is 1.64 bits per heavy atom. The van der Waals surface area contributed by atoms with Gasteiger partial charge in [0.15, 0.2) is 0 Å². The van der Waals surface area contributed by atoms with Gasteiger partial charge in [0, 0.05) is 67.1 Å². The summed E-state index contributed by atoms with van der Waals surface area (Å²) in [5.41, 5.74) is 2.57. The smallest absolute Gasteiger partial charge is 0.350 e. The van der Waals surface area contributed by atoms with Crippen molar-refractivity contribution in [2.45, 2.75) is 64.4 Å². The lowest BCUT2D eigenvalue weighted by Crippen LogP contribution is -3.00. The van der Waals surface area contributed by atoms with E-state index in [1.165, 1.54) is 34.6 Å². The maximum absolute atomic E-state index is 15.4. The molecule has 0 unspecified atom stereocenters. The molecule has 0 amide bonds. The summed E-state index contributed by atoms with van der Waals surface area (Å²) < 4.78 is 53.7. The summed E-state index contributed by atoms with van der Waals surface area (Å²) in [6, 6.07) is 24.2. The van der Waals surface area contributed by atoms with Gasteiger partial charge < -0.3 is 46.1 Å². The summed E-state index contributed by atoms with van der Waals surface area (Å²) in [6.45, 7) is 9.42. The Morgan fingerprint density at radius 3 is 2.27 bits per heavy atom. The standard InChI is InChI=1S/C46H50ClF2N8O6.BrH/c1-4-43(31(2)58)57-45(60)56(29-51-57)38-9-7-36(8-10-38)53-17-19-54(20-18-53)37-11-13-39(14-12-37)61-25-34-23-46(62-26-34,40-15-6-35(48)22-42(40)49)27-55-30-52(28-50-55)24-33-5-16-44(41(47)21-33)63-32(3)59;/h5-16,21-22,28-31,34,43,58H,4,17-20,23-27H2,1-3H3;1H/q+1;/p-1/t31-,34+,43-,46-;/m0./s1. The number of aliphatic hydroxyl groups is 1. The Hall–Kier alpha value is -5.62. The summed E-state index contributed by atoms with van der Waals surface area (Å²) in [6.07, 6.45) is 5.25. The number of hydrogen-bond acceptors (Lipinski definition) is 10. The molecule has 14 nitrogen and oxygen atoms in total. The molecule has 0 saturated carbocycles. The average molecular weight is 964 g/mol. The molecule has 2 aromatic heterocycles. The number of piperazine rings is 1. The Labute approximate surface area is 384 Å². The molecule has 2 aliphatic heterocycles.